The van der Waals surface area contributed by atoms with E-state index in [2.05, 4.69) is 54.6 Å². The molecule has 6 nitrogen and oxygen atoms in total. The molecule has 0 aliphatic rings. The first-order valence-corrected chi connectivity index (χ1v) is 10.8. The molecule has 2 amide bonds. The van der Waals surface area contributed by atoms with Crippen molar-refractivity contribution < 1.29 is 14.3 Å². The van der Waals surface area contributed by atoms with E-state index in [1.54, 1.807) is 25.1 Å². The van der Waals surface area contributed by atoms with Crippen LogP contribution in [-0.2, 0) is 4.79 Å². The summed E-state index contributed by atoms with van der Waals surface area (Å²) in [5, 5.41) is 6.61. The molecule has 2 N–H and O–H groups in total. The van der Waals surface area contributed by atoms with E-state index in [-0.39, 0.29) is 5.91 Å². The number of rotatable bonds is 9. The average Bonchev–Trinajstić information content (AvgIpc) is 2.69. The highest BCUT2D eigenvalue weighted by Gasteiger charge is 2.17. The third-order valence-corrected chi connectivity index (χ3v) is 5.27. The number of hydrogen-bond acceptors (Lipinski definition) is 4. The molecule has 0 saturated heterocycles. The SMILES string of the molecule is CCCCOc1ccc(C=NNC(=O)C(C)NC(=O)c2ccccc2Br)cc1Br. The number of ether oxygens (including phenoxy) is 1. The molecular formula is C21H23Br2N3O3. The van der Waals surface area contributed by atoms with E-state index >= 15 is 0 Å². The van der Waals surface area contributed by atoms with Crippen molar-refractivity contribution in [2.24, 2.45) is 5.10 Å². The second kappa shape index (κ2) is 11.7. The summed E-state index contributed by atoms with van der Waals surface area (Å²) in [4.78, 5) is 24.4. The molecule has 0 heterocycles. The van der Waals surface area contributed by atoms with Crippen LogP contribution in [0.5, 0.6) is 5.75 Å². The third kappa shape index (κ3) is 7.29. The van der Waals surface area contributed by atoms with Crippen molar-refractivity contribution in [2.45, 2.75) is 32.7 Å². The smallest absolute Gasteiger partial charge is 0.262 e. The molecule has 0 radical (unpaired) electrons. The lowest BCUT2D eigenvalue weighted by Gasteiger charge is -2.13. The van der Waals surface area contributed by atoms with Gasteiger partial charge in [0.05, 0.1) is 22.9 Å². The molecule has 0 aromatic heterocycles. The van der Waals surface area contributed by atoms with Crippen LogP contribution in [0, 0.1) is 0 Å². The lowest BCUT2D eigenvalue weighted by atomic mass is 10.2. The van der Waals surface area contributed by atoms with Gasteiger partial charge >= 0.3 is 0 Å². The summed E-state index contributed by atoms with van der Waals surface area (Å²) in [6.07, 6.45) is 3.60. The number of halogens is 2. The van der Waals surface area contributed by atoms with Gasteiger partial charge in [0.2, 0.25) is 0 Å². The van der Waals surface area contributed by atoms with Crippen LogP contribution in [0.3, 0.4) is 0 Å². The summed E-state index contributed by atoms with van der Waals surface area (Å²) in [6, 6.07) is 11.8. The van der Waals surface area contributed by atoms with Crippen molar-refractivity contribution in [2.75, 3.05) is 6.61 Å². The maximum atomic E-state index is 12.3. The highest BCUT2D eigenvalue weighted by atomic mass is 79.9. The first-order valence-electron chi connectivity index (χ1n) is 9.23. The van der Waals surface area contributed by atoms with Gasteiger partial charge in [-0.2, -0.15) is 5.10 Å². The Balaban J connectivity index is 1.87. The number of carbonyl (C=O) groups is 2. The lowest BCUT2D eigenvalue weighted by molar-refractivity contribution is -0.122. The molecule has 154 valence electrons. The molecule has 0 spiro atoms. The zero-order valence-corrected chi connectivity index (χ0v) is 19.4. The van der Waals surface area contributed by atoms with Gasteiger partial charge in [-0.15, -0.1) is 0 Å². The topological polar surface area (TPSA) is 79.8 Å². The maximum absolute atomic E-state index is 12.3. The summed E-state index contributed by atoms with van der Waals surface area (Å²) in [5.74, 6) is 0.00924. The number of hydrogen-bond donors (Lipinski definition) is 2. The highest BCUT2D eigenvalue weighted by molar-refractivity contribution is 9.10. The van der Waals surface area contributed by atoms with E-state index in [4.69, 9.17) is 4.74 Å². The van der Waals surface area contributed by atoms with Crippen LogP contribution in [0.1, 0.15) is 42.6 Å². The second-order valence-corrected chi connectivity index (χ2v) is 8.01. The Bertz CT molecular complexity index is 887. The molecule has 0 aliphatic carbocycles. The molecule has 29 heavy (non-hydrogen) atoms. The van der Waals surface area contributed by atoms with Gasteiger partial charge in [0, 0.05) is 4.47 Å². The fraction of sp³-hybridized carbons (Fsp3) is 0.286. The van der Waals surface area contributed by atoms with Crippen LogP contribution in [0.25, 0.3) is 0 Å². The standard InChI is InChI=1S/C21H23Br2N3O3/c1-3-4-11-29-19-10-9-15(12-18(19)23)13-24-26-20(27)14(2)25-21(28)16-7-5-6-8-17(16)22/h5-10,12-14H,3-4,11H2,1-2H3,(H,25,28)(H,26,27). The molecule has 0 fully saturated rings. The Labute approximate surface area is 187 Å². The Morgan fingerprint density at radius 1 is 1.17 bits per heavy atom. The van der Waals surface area contributed by atoms with E-state index in [0.29, 0.717) is 16.6 Å². The van der Waals surface area contributed by atoms with Gasteiger partial charge in [-0.1, -0.05) is 25.5 Å². The summed E-state index contributed by atoms with van der Waals surface area (Å²) >= 11 is 6.80. The van der Waals surface area contributed by atoms with Crippen molar-refractivity contribution in [1.82, 2.24) is 10.7 Å². The van der Waals surface area contributed by atoms with E-state index in [9.17, 15) is 9.59 Å². The maximum Gasteiger partial charge on any atom is 0.262 e. The number of amides is 2. The molecule has 0 saturated carbocycles. The molecule has 2 aromatic rings. The van der Waals surface area contributed by atoms with E-state index in [0.717, 1.165) is 28.6 Å². The van der Waals surface area contributed by atoms with Crippen molar-refractivity contribution in [3.05, 3.63) is 62.5 Å². The van der Waals surface area contributed by atoms with Gasteiger partial charge in [-0.3, -0.25) is 9.59 Å². The Hall–Kier alpha value is -2.19. The van der Waals surface area contributed by atoms with Crippen LogP contribution in [0.4, 0.5) is 0 Å². The zero-order valence-electron chi connectivity index (χ0n) is 16.2. The number of unbranched alkanes of at least 4 members (excludes halogenated alkanes) is 1. The van der Waals surface area contributed by atoms with Crippen LogP contribution in [0.15, 0.2) is 56.5 Å². The van der Waals surface area contributed by atoms with Crippen LogP contribution < -0.4 is 15.5 Å². The minimum atomic E-state index is -0.743. The van der Waals surface area contributed by atoms with Crippen molar-refractivity contribution >= 4 is 49.9 Å². The normalized spacial score (nSPS) is 11.9. The fourth-order valence-corrected chi connectivity index (χ4v) is 3.27. The second-order valence-electron chi connectivity index (χ2n) is 6.30. The molecule has 0 bridgehead atoms. The number of carbonyl (C=O) groups excluding carboxylic acids is 2. The largest absolute Gasteiger partial charge is 0.492 e. The van der Waals surface area contributed by atoms with Gasteiger partial charge < -0.3 is 10.1 Å². The van der Waals surface area contributed by atoms with E-state index in [1.807, 2.05) is 24.3 Å². The molecule has 8 heteroatoms. The predicted molar refractivity (Wildman–Crippen MR) is 121 cm³/mol. The predicted octanol–water partition coefficient (Wildman–Crippen LogP) is 4.66. The van der Waals surface area contributed by atoms with Crippen LogP contribution in [0.2, 0.25) is 0 Å². The molecule has 2 rings (SSSR count). The van der Waals surface area contributed by atoms with E-state index < -0.39 is 11.9 Å². The molecule has 0 aliphatic heterocycles. The Morgan fingerprint density at radius 2 is 1.93 bits per heavy atom. The molecular weight excluding hydrogens is 502 g/mol. The quantitative estimate of drug-likeness (QED) is 0.284. The lowest BCUT2D eigenvalue weighted by Crippen LogP contribution is -2.43. The zero-order chi connectivity index (χ0) is 21.2. The average molecular weight is 525 g/mol. The Morgan fingerprint density at radius 3 is 2.62 bits per heavy atom. The van der Waals surface area contributed by atoms with Gasteiger partial charge in [-0.05, 0) is 81.1 Å². The summed E-state index contributed by atoms with van der Waals surface area (Å²) in [5.41, 5.74) is 3.69. The van der Waals surface area contributed by atoms with Gasteiger partial charge in [-0.25, -0.2) is 5.43 Å². The minimum absolute atomic E-state index is 0.341. The number of nitrogens with one attached hydrogen (secondary N) is 2. The van der Waals surface area contributed by atoms with Gasteiger partial charge in [0.25, 0.3) is 11.8 Å². The number of benzene rings is 2. The van der Waals surface area contributed by atoms with Gasteiger partial charge in [0.15, 0.2) is 0 Å². The Kier molecular flexibility index (Phi) is 9.34. The van der Waals surface area contributed by atoms with Crippen LogP contribution >= 0.6 is 31.9 Å². The minimum Gasteiger partial charge on any atom is -0.492 e. The van der Waals surface area contributed by atoms with Gasteiger partial charge in [0.1, 0.15) is 11.8 Å². The first kappa shape index (κ1) is 23.1. The van der Waals surface area contributed by atoms with Crippen molar-refractivity contribution in [3.8, 4) is 5.75 Å². The monoisotopic (exact) mass is 523 g/mol. The number of nitrogens with zero attached hydrogens (tertiary/aromatic N) is 1. The first-order chi connectivity index (χ1) is 13.9. The summed E-state index contributed by atoms with van der Waals surface area (Å²) < 4.78 is 7.16. The van der Waals surface area contributed by atoms with Crippen LogP contribution in [-0.4, -0.2) is 30.7 Å². The van der Waals surface area contributed by atoms with E-state index in [1.165, 1.54) is 6.21 Å². The molecule has 2 aromatic carbocycles. The molecule has 1 atom stereocenters. The summed E-state index contributed by atoms with van der Waals surface area (Å²) in [6.45, 7) is 4.37. The number of hydrazone groups is 1. The summed E-state index contributed by atoms with van der Waals surface area (Å²) in [7, 11) is 0. The molecule has 1 unspecified atom stereocenters. The van der Waals surface area contributed by atoms with Crippen molar-refractivity contribution in [3.63, 3.8) is 0 Å². The fourth-order valence-electron chi connectivity index (χ4n) is 2.29. The third-order valence-electron chi connectivity index (χ3n) is 3.96. The van der Waals surface area contributed by atoms with Crippen molar-refractivity contribution in [1.29, 1.82) is 0 Å². The highest BCUT2D eigenvalue weighted by Crippen LogP contribution is 2.25.